The molecule has 81 heavy (non-hydrogen) atoms. The molecule has 4 atom stereocenters. The van der Waals surface area contributed by atoms with E-state index >= 15 is 0 Å². The smallest absolute Gasteiger partial charge is 0.263 e. The van der Waals surface area contributed by atoms with Gasteiger partial charge in [0.2, 0.25) is 10.3 Å². The molecule has 6 aliphatic heterocycles. The van der Waals surface area contributed by atoms with Crippen molar-refractivity contribution >= 4 is 79.9 Å². The Bertz CT molecular complexity index is 3580. The highest BCUT2D eigenvalue weighted by atomic mass is 32.2. The number of nitrogens with zero attached hydrogens (tertiary/aromatic N) is 10. The molecule has 4 aromatic heterocycles. The number of piperidine rings is 2. The van der Waals surface area contributed by atoms with Crippen molar-refractivity contribution in [1.29, 1.82) is 0 Å². The predicted octanol–water partition coefficient (Wildman–Crippen LogP) is 8.88. The summed E-state index contributed by atoms with van der Waals surface area (Å²) in [5, 5.41) is 5.33. The molecular formula is C53H65N13O9S6. The predicted molar refractivity (Wildman–Crippen MR) is 310 cm³/mol. The van der Waals surface area contributed by atoms with E-state index in [1.807, 2.05) is 36.1 Å². The third kappa shape index (κ3) is 13.2. The van der Waals surface area contributed by atoms with Gasteiger partial charge in [-0.25, -0.2) is 35.2 Å². The lowest BCUT2D eigenvalue weighted by atomic mass is 9.93. The van der Waals surface area contributed by atoms with Crippen molar-refractivity contribution in [2.45, 2.75) is 110 Å². The Balaban J connectivity index is 0.000000128. The molecule has 0 aliphatic carbocycles. The lowest BCUT2D eigenvalue weighted by Crippen LogP contribution is -2.38. The Labute approximate surface area is 484 Å². The van der Waals surface area contributed by atoms with Crippen LogP contribution in [0.2, 0.25) is 0 Å². The van der Waals surface area contributed by atoms with Gasteiger partial charge in [0.25, 0.3) is 30.1 Å². The second kappa shape index (κ2) is 24.9. The fourth-order valence-corrected chi connectivity index (χ4v) is 16.8. The van der Waals surface area contributed by atoms with E-state index in [1.54, 1.807) is 48.7 Å². The van der Waals surface area contributed by atoms with Crippen LogP contribution in [0.1, 0.15) is 118 Å². The maximum atomic E-state index is 12.7. The van der Waals surface area contributed by atoms with Crippen molar-refractivity contribution in [3.8, 4) is 17.2 Å². The Morgan fingerprint density at radius 2 is 1.01 bits per heavy atom. The molecule has 0 radical (unpaired) electrons. The summed E-state index contributed by atoms with van der Waals surface area (Å²) in [5.74, 6) is 2.77. The summed E-state index contributed by atoms with van der Waals surface area (Å²) in [6.07, 6.45) is 17.2. The fraction of sp³-hybridized carbons (Fsp3) is 0.472. The maximum absolute atomic E-state index is 12.7. The largest absolute Gasteiger partial charge is 0.493 e. The van der Waals surface area contributed by atoms with Crippen LogP contribution in [0.15, 0.2) is 106 Å². The van der Waals surface area contributed by atoms with Crippen LogP contribution in [0.5, 0.6) is 17.2 Å². The van der Waals surface area contributed by atoms with E-state index in [0.29, 0.717) is 60.2 Å². The molecule has 7 aromatic rings. The standard InChI is InChI=1S/C19H22N6O3S2.C18H23N3O3S2.C16H20N4O3S2/c1-24-16(6-8-21-24)17-3-2-9-25(17)15-7-10-28-18-11-13(4-5-14(15)18)30(26,27)23-19-20-12-22-29-19;1-13-5-9-21(10-6-13)16-7-11-24-17-12-14(2-3-15(16)17)26(22,23)20-18-4-8-19-25-18;21-25(22,19-16-17-11-18-24-16)12-4-5-13-14(6-9-23-15(13)10-12)20-7-2-1-3-8-20/h4-6,8,11-12,15,17H,2-3,7,9-10H2,1H3,(H,20,22,23);2-4,8,12-13,16,20H,5-7,9-11H2,1H3;4-5,10-11,14H,1-3,6-9H2,(H,17,18,19)/t15-,17+;16-;14-/m000/s1. The summed E-state index contributed by atoms with van der Waals surface area (Å²) in [7, 11) is -9.11. The number of nitrogens with one attached hydrogen (secondary N) is 3. The van der Waals surface area contributed by atoms with Gasteiger partial charge >= 0.3 is 0 Å². The van der Waals surface area contributed by atoms with Crippen molar-refractivity contribution in [3.05, 3.63) is 114 Å². The minimum Gasteiger partial charge on any atom is -0.493 e. The topological polar surface area (TPSA) is 258 Å². The van der Waals surface area contributed by atoms with Crippen molar-refractivity contribution in [2.75, 3.05) is 66.7 Å². The first kappa shape index (κ1) is 57.0. The van der Waals surface area contributed by atoms with Gasteiger partial charge in [0.15, 0.2) is 0 Å². The van der Waals surface area contributed by atoms with E-state index < -0.39 is 30.1 Å². The molecule has 0 unspecified atom stereocenters. The van der Waals surface area contributed by atoms with Crippen LogP contribution in [-0.2, 0) is 37.1 Å². The van der Waals surface area contributed by atoms with Crippen LogP contribution < -0.4 is 28.4 Å². The second-order valence-corrected chi connectivity index (χ2v) is 28.3. The zero-order valence-corrected chi connectivity index (χ0v) is 49.8. The third-order valence-electron chi connectivity index (χ3n) is 15.7. The number of hydrogen-bond donors (Lipinski definition) is 3. The van der Waals surface area contributed by atoms with Crippen LogP contribution in [0, 0.1) is 5.92 Å². The first-order chi connectivity index (χ1) is 39.2. The Hall–Kier alpha value is -5.85. The quantitative estimate of drug-likeness (QED) is 0.0973. The summed E-state index contributed by atoms with van der Waals surface area (Å²) >= 11 is 3.11. The molecule has 0 bridgehead atoms. The zero-order valence-electron chi connectivity index (χ0n) is 44.9. The van der Waals surface area contributed by atoms with Crippen molar-refractivity contribution in [1.82, 2.24) is 47.6 Å². The number of ether oxygens (including phenoxy) is 3. The lowest BCUT2D eigenvalue weighted by Gasteiger charge is -2.39. The van der Waals surface area contributed by atoms with Crippen molar-refractivity contribution < 1.29 is 39.5 Å². The molecule has 10 heterocycles. The molecule has 28 heteroatoms. The van der Waals surface area contributed by atoms with Crippen molar-refractivity contribution in [2.24, 2.45) is 13.0 Å². The second-order valence-electron chi connectivity index (χ2n) is 20.8. The highest BCUT2D eigenvalue weighted by Crippen LogP contribution is 2.46. The van der Waals surface area contributed by atoms with E-state index in [0.717, 1.165) is 122 Å². The van der Waals surface area contributed by atoms with E-state index in [4.69, 9.17) is 14.2 Å². The van der Waals surface area contributed by atoms with E-state index in [-0.39, 0.29) is 31.0 Å². The molecule has 3 aromatic carbocycles. The van der Waals surface area contributed by atoms with Gasteiger partial charge < -0.3 is 14.2 Å². The number of fused-ring (bicyclic) bond motifs is 3. The number of anilines is 3. The Morgan fingerprint density at radius 1 is 0.506 bits per heavy atom. The number of sulfonamides is 3. The monoisotopic (exact) mass is 1220 g/mol. The first-order valence-corrected chi connectivity index (χ1v) is 34.0. The summed E-state index contributed by atoms with van der Waals surface area (Å²) in [6.45, 7) is 9.49. The van der Waals surface area contributed by atoms with Gasteiger partial charge in [-0.2, -0.15) is 18.2 Å². The lowest BCUT2D eigenvalue weighted by molar-refractivity contribution is 0.103. The summed E-state index contributed by atoms with van der Waals surface area (Å²) in [5.41, 5.74) is 4.43. The normalized spacial score (nSPS) is 21.7. The molecule has 0 saturated carbocycles. The fourth-order valence-electron chi connectivity index (χ4n) is 11.7. The number of hydrogen-bond acceptors (Lipinski definition) is 21. The molecule has 0 spiro atoms. The van der Waals surface area contributed by atoms with Gasteiger partial charge in [0.05, 0.1) is 46.2 Å². The van der Waals surface area contributed by atoms with Gasteiger partial charge in [0, 0.05) is 115 Å². The van der Waals surface area contributed by atoms with E-state index in [1.165, 1.54) is 50.5 Å². The van der Waals surface area contributed by atoms with Crippen LogP contribution in [0.25, 0.3) is 0 Å². The van der Waals surface area contributed by atoms with Gasteiger partial charge in [-0.3, -0.25) is 33.5 Å². The molecular weight excluding hydrogens is 1160 g/mol. The van der Waals surface area contributed by atoms with Crippen LogP contribution >= 0.6 is 34.6 Å². The average molecular weight is 1220 g/mol. The van der Waals surface area contributed by atoms with Gasteiger partial charge in [-0.05, 0) is 119 Å². The van der Waals surface area contributed by atoms with Crippen molar-refractivity contribution in [3.63, 3.8) is 0 Å². The minimum absolute atomic E-state index is 0.154. The molecule has 13 rings (SSSR count). The highest BCUT2D eigenvalue weighted by Gasteiger charge is 2.38. The molecule has 0 amide bonds. The van der Waals surface area contributed by atoms with Gasteiger partial charge in [-0.15, -0.1) is 0 Å². The number of likely N-dealkylation sites (tertiary alicyclic amines) is 3. The number of aryl methyl sites for hydroxylation is 1. The molecule has 22 nitrogen and oxygen atoms in total. The first-order valence-electron chi connectivity index (χ1n) is 27.2. The molecule has 6 aliphatic rings. The Morgan fingerprint density at radius 3 is 1.49 bits per heavy atom. The van der Waals surface area contributed by atoms with Crippen LogP contribution in [0.4, 0.5) is 15.3 Å². The van der Waals surface area contributed by atoms with E-state index in [2.05, 4.69) is 70.0 Å². The van der Waals surface area contributed by atoms with Gasteiger partial charge in [-0.1, -0.05) is 31.5 Å². The van der Waals surface area contributed by atoms with E-state index in [9.17, 15) is 25.3 Å². The molecule has 3 fully saturated rings. The molecule has 3 N–H and O–H groups in total. The number of aromatic nitrogens is 7. The Kier molecular flexibility index (Phi) is 17.5. The molecule has 3 saturated heterocycles. The maximum Gasteiger partial charge on any atom is 0.263 e. The summed E-state index contributed by atoms with van der Waals surface area (Å²) in [4.78, 5) is 15.8. The zero-order chi connectivity index (χ0) is 56.1. The summed E-state index contributed by atoms with van der Waals surface area (Å²) < 4.78 is 114. The third-order valence-corrected chi connectivity index (χ3v) is 22.0. The van der Waals surface area contributed by atoms with Crippen LogP contribution in [-0.4, -0.2) is 125 Å². The number of rotatable bonds is 13. The minimum atomic E-state index is -3.75. The molecule has 432 valence electrons. The van der Waals surface area contributed by atoms with Crippen LogP contribution in [0.3, 0.4) is 0 Å². The summed E-state index contributed by atoms with van der Waals surface area (Å²) in [6, 6.07) is 20.4. The SMILES string of the molecule is CC1CCN([C@H]2CCOc3cc(S(=O)(=O)Nc4ccns4)ccc32)CC1.Cn1nccc1[C@H]1CCCN1[C@H]1CCOc2cc(S(=O)(=O)Nc3ncns3)ccc21.O=S(=O)(Nc1ncns1)c1ccc2c(c1)OCC[C@@H]2N1CCCCC1. The number of benzene rings is 3. The highest BCUT2D eigenvalue weighted by molar-refractivity contribution is 7.93. The van der Waals surface area contributed by atoms with Gasteiger partial charge in [0.1, 0.15) is 34.9 Å². The average Bonchev–Trinajstić information content (AvgIpc) is 4.50.